The van der Waals surface area contributed by atoms with E-state index in [1.165, 1.54) is 19.3 Å². The molecule has 1 aromatic rings. The summed E-state index contributed by atoms with van der Waals surface area (Å²) in [5.41, 5.74) is 1.80. The molecule has 0 aliphatic heterocycles. The summed E-state index contributed by atoms with van der Waals surface area (Å²) in [6.07, 6.45) is 6.39. The number of carbonyl (C=O) groups is 1. The lowest BCUT2D eigenvalue weighted by Gasteiger charge is -2.00. The Morgan fingerprint density at radius 3 is 2.93 bits per heavy atom. The number of hydrogen-bond donors (Lipinski definition) is 0. The van der Waals surface area contributed by atoms with Gasteiger partial charge in [0.15, 0.2) is 0 Å². The SMILES string of the molecule is O=C(Cc1cncs1)C1C2CCCC21. The average Bonchev–Trinajstić information content (AvgIpc) is 2.63. The van der Waals surface area contributed by atoms with E-state index in [0.717, 1.165) is 16.7 Å². The Morgan fingerprint density at radius 2 is 2.29 bits per heavy atom. The van der Waals surface area contributed by atoms with Crippen LogP contribution in [0.4, 0.5) is 0 Å². The summed E-state index contributed by atoms with van der Waals surface area (Å²) in [5, 5.41) is 0. The Morgan fingerprint density at radius 1 is 1.50 bits per heavy atom. The van der Waals surface area contributed by atoms with Gasteiger partial charge in [0.1, 0.15) is 5.78 Å². The van der Waals surface area contributed by atoms with Crippen LogP contribution in [0.2, 0.25) is 0 Å². The van der Waals surface area contributed by atoms with Crippen LogP contribution in [0.3, 0.4) is 0 Å². The van der Waals surface area contributed by atoms with Gasteiger partial charge in [-0.05, 0) is 24.7 Å². The molecular formula is C11H13NOS. The highest BCUT2D eigenvalue weighted by Crippen LogP contribution is 2.58. The second-order valence-electron chi connectivity index (χ2n) is 4.40. The second-order valence-corrected chi connectivity index (χ2v) is 5.37. The molecule has 0 saturated heterocycles. The van der Waals surface area contributed by atoms with Crippen molar-refractivity contribution >= 4 is 17.1 Å². The minimum atomic E-state index is 0.422. The smallest absolute Gasteiger partial charge is 0.141 e. The molecule has 0 N–H and O–H groups in total. The maximum atomic E-state index is 11.9. The fraction of sp³-hybridized carbons (Fsp3) is 0.636. The zero-order valence-electron chi connectivity index (χ0n) is 7.98. The quantitative estimate of drug-likeness (QED) is 0.761. The maximum Gasteiger partial charge on any atom is 0.141 e. The standard InChI is InChI=1S/C11H13NOS/c13-10(4-7-5-12-6-14-7)11-8-2-1-3-9(8)11/h5-6,8-9,11H,1-4H2. The zero-order valence-corrected chi connectivity index (χ0v) is 8.80. The van der Waals surface area contributed by atoms with Crippen LogP contribution in [0.25, 0.3) is 0 Å². The molecule has 2 saturated carbocycles. The van der Waals surface area contributed by atoms with Crippen molar-refractivity contribution in [1.29, 1.82) is 0 Å². The molecule has 3 heteroatoms. The molecule has 0 radical (unpaired) electrons. The fourth-order valence-corrected chi connectivity index (χ4v) is 3.52. The molecule has 0 bridgehead atoms. The molecule has 0 spiro atoms. The van der Waals surface area contributed by atoms with Crippen molar-refractivity contribution in [3.8, 4) is 0 Å². The van der Waals surface area contributed by atoms with E-state index in [1.54, 1.807) is 16.8 Å². The van der Waals surface area contributed by atoms with Crippen molar-refractivity contribution in [2.24, 2.45) is 17.8 Å². The van der Waals surface area contributed by atoms with E-state index in [-0.39, 0.29) is 0 Å². The Kier molecular flexibility index (Phi) is 1.94. The van der Waals surface area contributed by atoms with E-state index in [1.807, 2.05) is 6.20 Å². The van der Waals surface area contributed by atoms with E-state index < -0.39 is 0 Å². The van der Waals surface area contributed by atoms with Crippen molar-refractivity contribution in [2.45, 2.75) is 25.7 Å². The largest absolute Gasteiger partial charge is 0.299 e. The molecule has 1 aromatic heterocycles. The van der Waals surface area contributed by atoms with Gasteiger partial charge >= 0.3 is 0 Å². The van der Waals surface area contributed by atoms with E-state index in [9.17, 15) is 4.79 Å². The third-order valence-corrected chi connectivity index (χ3v) is 4.39. The van der Waals surface area contributed by atoms with Crippen LogP contribution < -0.4 is 0 Å². The topological polar surface area (TPSA) is 30.0 Å². The molecule has 2 fully saturated rings. The van der Waals surface area contributed by atoms with Gasteiger partial charge in [0, 0.05) is 23.4 Å². The zero-order chi connectivity index (χ0) is 9.54. The van der Waals surface area contributed by atoms with E-state index in [4.69, 9.17) is 0 Å². The lowest BCUT2D eigenvalue weighted by molar-refractivity contribution is -0.120. The molecule has 3 rings (SSSR count). The van der Waals surface area contributed by atoms with E-state index >= 15 is 0 Å². The van der Waals surface area contributed by atoms with Gasteiger partial charge in [-0.15, -0.1) is 11.3 Å². The van der Waals surface area contributed by atoms with Gasteiger partial charge in [-0.2, -0.15) is 0 Å². The van der Waals surface area contributed by atoms with Crippen molar-refractivity contribution in [3.05, 3.63) is 16.6 Å². The Bertz CT molecular complexity index is 336. The van der Waals surface area contributed by atoms with Crippen LogP contribution in [0.15, 0.2) is 11.7 Å². The molecule has 14 heavy (non-hydrogen) atoms. The average molecular weight is 207 g/mol. The van der Waals surface area contributed by atoms with Crippen LogP contribution in [-0.4, -0.2) is 10.8 Å². The highest BCUT2D eigenvalue weighted by Gasteiger charge is 2.55. The Labute approximate surface area is 87.4 Å². The molecular weight excluding hydrogens is 194 g/mol. The number of thiazole rings is 1. The van der Waals surface area contributed by atoms with E-state index in [2.05, 4.69) is 4.98 Å². The molecule has 2 atom stereocenters. The van der Waals surface area contributed by atoms with Crippen LogP contribution in [-0.2, 0) is 11.2 Å². The van der Waals surface area contributed by atoms with Gasteiger partial charge in [-0.1, -0.05) is 6.42 Å². The van der Waals surface area contributed by atoms with Crippen molar-refractivity contribution in [3.63, 3.8) is 0 Å². The first-order chi connectivity index (χ1) is 6.86. The summed E-state index contributed by atoms with van der Waals surface area (Å²) in [4.78, 5) is 17.0. The molecule has 0 amide bonds. The van der Waals surface area contributed by atoms with Gasteiger partial charge < -0.3 is 0 Å². The summed E-state index contributed by atoms with van der Waals surface area (Å²) in [6, 6.07) is 0. The number of nitrogens with zero attached hydrogens (tertiary/aromatic N) is 1. The minimum Gasteiger partial charge on any atom is -0.299 e. The number of fused-ring (bicyclic) bond motifs is 1. The van der Waals surface area contributed by atoms with Crippen molar-refractivity contribution in [1.82, 2.24) is 4.98 Å². The first-order valence-electron chi connectivity index (χ1n) is 5.26. The summed E-state index contributed by atoms with van der Waals surface area (Å²) in [7, 11) is 0. The molecule has 1 heterocycles. The summed E-state index contributed by atoms with van der Waals surface area (Å²) in [5.74, 6) is 2.40. The number of rotatable bonds is 3. The number of ketones is 1. The minimum absolute atomic E-state index is 0.422. The van der Waals surface area contributed by atoms with Gasteiger partial charge in [0.2, 0.25) is 0 Å². The second kappa shape index (κ2) is 3.16. The van der Waals surface area contributed by atoms with Crippen LogP contribution in [0.1, 0.15) is 24.1 Å². The molecule has 2 aliphatic rings. The lowest BCUT2D eigenvalue weighted by Crippen LogP contribution is -2.08. The van der Waals surface area contributed by atoms with Gasteiger partial charge in [-0.25, -0.2) is 0 Å². The summed E-state index contributed by atoms with van der Waals surface area (Å²) < 4.78 is 0. The van der Waals surface area contributed by atoms with Crippen molar-refractivity contribution in [2.75, 3.05) is 0 Å². The lowest BCUT2D eigenvalue weighted by atomic mass is 10.1. The molecule has 2 unspecified atom stereocenters. The fourth-order valence-electron chi connectivity index (χ4n) is 2.92. The Hall–Kier alpha value is -0.700. The van der Waals surface area contributed by atoms with Gasteiger partial charge in [0.05, 0.1) is 5.51 Å². The number of hydrogen-bond acceptors (Lipinski definition) is 3. The number of Topliss-reactive ketones (excluding diaryl/α,β-unsaturated/α-hetero) is 1. The van der Waals surface area contributed by atoms with Crippen LogP contribution in [0.5, 0.6) is 0 Å². The molecule has 2 aliphatic carbocycles. The van der Waals surface area contributed by atoms with Crippen LogP contribution >= 0.6 is 11.3 Å². The highest BCUT2D eigenvalue weighted by molar-refractivity contribution is 7.09. The monoisotopic (exact) mass is 207 g/mol. The van der Waals surface area contributed by atoms with Gasteiger partial charge in [0.25, 0.3) is 0 Å². The predicted molar refractivity (Wildman–Crippen MR) is 55.1 cm³/mol. The van der Waals surface area contributed by atoms with Crippen molar-refractivity contribution < 1.29 is 4.79 Å². The highest BCUT2D eigenvalue weighted by atomic mass is 32.1. The molecule has 74 valence electrons. The number of carbonyl (C=O) groups excluding carboxylic acids is 1. The third kappa shape index (κ3) is 1.31. The third-order valence-electron chi connectivity index (χ3n) is 3.61. The van der Waals surface area contributed by atoms with Crippen LogP contribution in [0, 0.1) is 17.8 Å². The Balaban J connectivity index is 1.62. The van der Waals surface area contributed by atoms with E-state index in [0.29, 0.717) is 18.1 Å². The summed E-state index contributed by atoms with van der Waals surface area (Å²) in [6.45, 7) is 0. The number of aromatic nitrogens is 1. The molecule has 0 aromatic carbocycles. The van der Waals surface area contributed by atoms with Gasteiger partial charge in [-0.3, -0.25) is 9.78 Å². The first-order valence-corrected chi connectivity index (χ1v) is 6.14. The summed E-state index contributed by atoms with van der Waals surface area (Å²) >= 11 is 1.59. The molecule has 2 nitrogen and oxygen atoms in total. The predicted octanol–water partition coefficient (Wildman–Crippen LogP) is 2.30. The maximum absolute atomic E-state index is 11.9. The first kappa shape index (κ1) is 8.60. The normalized spacial score (nSPS) is 34.1.